The van der Waals surface area contributed by atoms with E-state index in [-0.39, 0.29) is 17.9 Å². The van der Waals surface area contributed by atoms with Crippen LogP contribution in [0.25, 0.3) is 5.69 Å². The summed E-state index contributed by atoms with van der Waals surface area (Å²) in [4.78, 5) is 6.78. The Morgan fingerprint density at radius 3 is 2.26 bits per heavy atom. The summed E-state index contributed by atoms with van der Waals surface area (Å²) >= 11 is 5.90. The van der Waals surface area contributed by atoms with E-state index in [1.807, 2.05) is 97.3 Å². The zero-order valence-corrected chi connectivity index (χ0v) is 22.4. The van der Waals surface area contributed by atoms with Crippen molar-refractivity contribution in [3.8, 4) is 17.2 Å². The maximum atomic E-state index is 14.9. The van der Waals surface area contributed by atoms with Crippen LogP contribution in [0.15, 0.2) is 109 Å². The van der Waals surface area contributed by atoms with Gasteiger partial charge in [-0.3, -0.25) is 4.98 Å². The molecule has 39 heavy (non-hydrogen) atoms. The first-order valence-corrected chi connectivity index (χ1v) is 13.2. The minimum Gasteiger partial charge on any atom is -0.457 e. The van der Waals surface area contributed by atoms with Gasteiger partial charge in [0.2, 0.25) is 0 Å². The van der Waals surface area contributed by atoms with Crippen molar-refractivity contribution in [1.29, 1.82) is 0 Å². The van der Waals surface area contributed by atoms with E-state index in [0.29, 0.717) is 10.8 Å². The number of aromatic nitrogens is 2. The highest BCUT2D eigenvalue weighted by molar-refractivity contribution is 7.80. The zero-order valence-electron chi connectivity index (χ0n) is 21.6. The molecule has 0 saturated carbocycles. The molecule has 1 N–H and O–H groups in total. The quantitative estimate of drug-likeness (QED) is 0.227. The van der Waals surface area contributed by atoms with Crippen molar-refractivity contribution in [2.24, 2.45) is 0 Å². The molecular weight excluding hydrogens is 507 g/mol. The molecule has 2 aromatic heterocycles. The number of para-hydroxylation sites is 2. The molecule has 7 heteroatoms. The van der Waals surface area contributed by atoms with E-state index in [1.54, 1.807) is 18.3 Å². The summed E-state index contributed by atoms with van der Waals surface area (Å²) in [5, 5.41) is 4.11. The molecule has 2 unspecified atom stereocenters. The molecule has 1 aliphatic rings. The van der Waals surface area contributed by atoms with E-state index >= 15 is 0 Å². The Morgan fingerprint density at radius 1 is 0.846 bits per heavy atom. The molecule has 1 saturated heterocycles. The number of nitrogens with one attached hydrogen (secondary N) is 1. The van der Waals surface area contributed by atoms with Gasteiger partial charge >= 0.3 is 0 Å². The van der Waals surface area contributed by atoms with Gasteiger partial charge in [0.05, 0.1) is 23.5 Å². The second kappa shape index (κ2) is 10.3. The fourth-order valence-electron chi connectivity index (χ4n) is 5.34. The highest BCUT2D eigenvalue weighted by atomic mass is 32.1. The number of hydrogen-bond acceptors (Lipinski definition) is 3. The molecule has 2 atom stereocenters. The first-order valence-electron chi connectivity index (χ1n) is 12.8. The first kappa shape index (κ1) is 24.8. The molecule has 1 fully saturated rings. The number of pyridine rings is 1. The summed E-state index contributed by atoms with van der Waals surface area (Å²) in [7, 11) is 0. The highest BCUT2D eigenvalue weighted by Crippen LogP contribution is 2.44. The van der Waals surface area contributed by atoms with Crippen LogP contribution in [-0.2, 0) is 0 Å². The summed E-state index contributed by atoms with van der Waals surface area (Å²) in [6, 6.07) is 32.0. The number of anilines is 1. The predicted octanol–water partition coefficient (Wildman–Crippen LogP) is 7.60. The van der Waals surface area contributed by atoms with Crippen LogP contribution in [0, 0.1) is 19.7 Å². The molecule has 194 valence electrons. The summed E-state index contributed by atoms with van der Waals surface area (Å²) in [5.41, 5.74) is 5.26. The molecule has 0 radical (unpaired) electrons. The Labute approximate surface area is 232 Å². The van der Waals surface area contributed by atoms with E-state index in [1.165, 1.54) is 6.07 Å². The van der Waals surface area contributed by atoms with Gasteiger partial charge in [-0.2, -0.15) is 0 Å². The van der Waals surface area contributed by atoms with Crippen LogP contribution < -0.4 is 15.0 Å². The Kier molecular flexibility index (Phi) is 6.59. The fourth-order valence-corrected chi connectivity index (χ4v) is 5.69. The lowest BCUT2D eigenvalue weighted by atomic mass is 9.96. The lowest BCUT2D eigenvalue weighted by Gasteiger charge is -2.28. The second-order valence-electron chi connectivity index (χ2n) is 9.52. The number of thiocarbonyl (C=S) groups is 1. The summed E-state index contributed by atoms with van der Waals surface area (Å²) < 4.78 is 22.9. The van der Waals surface area contributed by atoms with Gasteiger partial charge in [0.25, 0.3) is 0 Å². The molecule has 0 aliphatic carbocycles. The number of benzene rings is 3. The van der Waals surface area contributed by atoms with Gasteiger partial charge in [-0.25, -0.2) is 4.39 Å². The van der Waals surface area contributed by atoms with E-state index in [4.69, 9.17) is 17.0 Å². The Balaban J connectivity index is 1.43. The van der Waals surface area contributed by atoms with Crippen molar-refractivity contribution < 1.29 is 9.13 Å². The van der Waals surface area contributed by atoms with Gasteiger partial charge in [0.1, 0.15) is 17.3 Å². The maximum Gasteiger partial charge on any atom is 0.174 e. The molecule has 3 heterocycles. The topological polar surface area (TPSA) is 42.3 Å². The fraction of sp³-hybridized carbons (Fsp3) is 0.125. The lowest BCUT2D eigenvalue weighted by molar-refractivity contribution is 0.482. The van der Waals surface area contributed by atoms with Crippen LogP contribution in [-0.4, -0.2) is 14.7 Å². The lowest BCUT2D eigenvalue weighted by Crippen LogP contribution is -2.29. The summed E-state index contributed by atoms with van der Waals surface area (Å²) in [6.07, 6.45) is 1.79. The number of ether oxygens (including phenoxy) is 1. The monoisotopic (exact) mass is 534 g/mol. The van der Waals surface area contributed by atoms with Crippen molar-refractivity contribution in [2.45, 2.75) is 25.9 Å². The molecule has 0 bridgehead atoms. The largest absolute Gasteiger partial charge is 0.457 e. The van der Waals surface area contributed by atoms with E-state index in [9.17, 15) is 4.39 Å². The minimum atomic E-state index is -0.266. The van der Waals surface area contributed by atoms with Crippen LogP contribution in [0.3, 0.4) is 0 Å². The Bertz CT molecular complexity index is 1620. The average Bonchev–Trinajstić information content (AvgIpc) is 3.45. The second-order valence-corrected chi connectivity index (χ2v) is 9.91. The number of nitrogens with zero attached hydrogens (tertiary/aromatic N) is 3. The van der Waals surface area contributed by atoms with Gasteiger partial charge in [0, 0.05) is 23.3 Å². The Hall–Kier alpha value is -4.49. The van der Waals surface area contributed by atoms with Gasteiger partial charge in [-0.1, -0.05) is 36.4 Å². The predicted molar refractivity (Wildman–Crippen MR) is 156 cm³/mol. The normalized spacial score (nSPS) is 16.8. The molecule has 5 aromatic rings. The molecular formula is C32H27FN4OS. The molecule has 1 aliphatic heterocycles. The van der Waals surface area contributed by atoms with Crippen molar-refractivity contribution in [3.05, 3.63) is 138 Å². The third kappa shape index (κ3) is 4.66. The van der Waals surface area contributed by atoms with Crippen molar-refractivity contribution in [2.75, 3.05) is 4.90 Å². The standard InChI is InChI=1S/C32H27FN4OS/c1-21-20-26(22(2)36(21)29-14-7-6-12-27(29)33)31-30(28-13-8-9-19-34-28)35-32(39)37(31)23-15-17-25(18-16-23)38-24-10-4-3-5-11-24/h3-20,30-31H,1-2H3,(H,35,39). The average molecular weight is 535 g/mol. The number of aryl methyl sites for hydroxylation is 1. The third-order valence-corrected chi connectivity index (χ3v) is 7.39. The van der Waals surface area contributed by atoms with Crippen molar-refractivity contribution >= 4 is 23.0 Å². The van der Waals surface area contributed by atoms with Crippen LogP contribution in [0.2, 0.25) is 0 Å². The molecule has 6 rings (SSSR count). The van der Waals surface area contributed by atoms with Crippen LogP contribution in [0.1, 0.15) is 34.7 Å². The van der Waals surface area contributed by atoms with Gasteiger partial charge < -0.3 is 19.5 Å². The number of hydrogen-bond donors (Lipinski definition) is 1. The van der Waals surface area contributed by atoms with Crippen LogP contribution in [0.5, 0.6) is 11.5 Å². The molecule has 0 spiro atoms. The van der Waals surface area contributed by atoms with Crippen molar-refractivity contribution in [1.82, 2.24) is 14.9 Å². The molecule has 0 amide bonds. The van der Waals surface area contributed by atoms with Crippen LogP contribution in [0.4, 0.5) is 10.1 Å². The summed E-state index contributed by atoms with van der Waals surface area (Å²) in [6.45, 7) is 4.03. The maximum absolute atomic E-state index is 14.9. The number of rotatable bonds is 6. The summed E-state index contributed by atoms with van der Waals surface area (Å²) in [5.74, 6) is 1.24. The van der Waals surface area contributed by atoms with Gasteiger partial charge in [-0.15, -0.1) is 0 Å². The van der Waals surface area contributed by atoms with Crippen molar-refractivity contribution in [3.63, 3.8) is 0 Å². The van der Waals surface area contributed by atoms with Gasteiger partial charge in [0.15, 0.2) is 5.11 Å². The van der Waals surface area contributed by atoms with E-state index in [0.717, 1.165) is 39.8 Å². The van der Waals surface area contributed by atoms with Gasteiger partial charge in [-0.05, 0) is 98.4 Å². The SMILES string of the molecule is Cc1cc(C2C(c3ccccn3)NC(=S)N2c2ccc(Oc3ccccc3)cc2)c(C)n1-c1ccccc1F. The molecule has 3 aromatic carbocycles. The Morgan fingerprint density at radius 2 is 1.54 bits per heavy atom. The van der Waals surface area contributed by atoms with E-state index < -0.39 is 0 Å². The zero-order chi connectivity index (χ0) is 26.9. The smallest absolute Gasteiger partial charge is 0.174 e. The minimum absolute atomic E-state index is 0.200. The number of halogens is 1. The van der Waals surface area contributed by atoms with Crippen LogP contribution >= 0.6 is 12.2 Å². The highest BCUT2D eigenvalue weighted by Gasteiger charge is 2.42. The third-order valence-electron chi connectivity index (χ3n) is 7.07. The van der Waals surface area contributed by atoms with E-state index in [2.05, 4.69) is 21.3 Å². The molecule has 5 nitrogen and oxygen atoms in total. The first-order chi connectivity index (χ1) is 19.0.